The number of nitrogens with one attached hydrogen (secondary N) is 1. The Kier molecular flexibility index (Phi) is 5.89. The molecule has 1 aromatic heterocycles. The Morgan fingerprint density at radius 1 is 1.32 bits per heavy atom. The van der Waals surface area contributed by atoms with Crippen LogP contribution in [-0.2, 0) is 4.79 Å². The first-order chi connectivity index (χ1) is 12.1. The van der Waals surface area contributed by atoms with Crippen LogP contribution in [0, 0.1) is 11.8 Å². The minimum atomic E-state index is -0.213. The number of aliphatic hydroxyl groups excluding tert-OH is 1. The van der Waals surface area contributed by atoms with Gasteiger partial charge in [-0.15, -0.1) is 0 Å². The third kappa shape index (κ3) is 3.94. The number of nitrogens with zero attached hydrogens (tertiary/aromatic N) is 3. The van der Waals surface area contributed by atoms with Gasteiger partial charge in [0.15, 0.2) is 0 Å². The number of aliphatic hydroxyl groups is 1. The van der Waals surface area contributed by atoms with Gasteiger partial charge in [0.1, 0.15) is 6.04 Å². The van der Waals surface area contributed by atoms with Crippen LogP contribution in [0.2, 0.25) is 0 Å². The van der Waals surface area contributed by atoms with E-state index in [0.717, 1.165) is 12.8 Å². The van der Waals surface area contributed by atoms with E-state index in [0.29, 0.717) is 30.2 Å². The zero-order valence-electron chi connectivity index (χ0n) is 15.3. The summed E-state index contributed by atoms with van der Waals surface area (Å²) in [6, 6.07) is 1.96. The topological polar surface area (TPSA) is 78.4 Å². The maximum atomic E-state index is 13.1. The standard InChI is InChI=1S/C19H30N4O2/c1-13(2)15(8-11-24)22-18(25)17-12-14-6-3-4-7-16(14)23(17)19-20-9-5-10-21-19/h5,9-10,13-17,24H,3-4,6-8,11-12H2,1-2H3,(H,22,25)/t14-,15-,16-,17-/m0/s1. The number of amides is 1. The van der Waals surface area contributed by atoms with Crippen LogP contribution in [0.3, 0.4) is 0 Å². The zero-order valence-corrected chi connectivity index (χ0v) is 15.3. The second-order valence-electron chi connectivity index (χ2n) is 7.69. The highest BCUT2D eigenvalue weighted by Crippen LogP contribution is 2.41. The van der Waals surface area contributed by atoms with Gasteiger partial charge in [0, 0.05) is 31.1 Å². The molecule has 0 radical (unpaired) electrons. The smallest absolute Gasteiger partial charge is 0.243 e. The Morgan fingerprint density at radius 3 is 2.72 bits per heavy atom. The van der Waals surface area contributed by atoms with Crippen molar-refractivity contribution in [3.05, 3.63) is 18.5 Å². The minimum absolute atomic E-state index is 0.00123. The van der Waals surface area contributed by atoms with Gasteiger partial charge in [-0.1, -0.05) is 26.7 Å². The molecule has 1 aliphatic heterocycles. The number of carbonyl (C=O) groups excluding carboxylic acids is 1. The van der Waals surface area contributed by atoms with Crippen LogP contribution in [0.4, 0.5) is 5.95 Å². The predicted molar refractivity (Wildman–Crippen MR) is 97.1 cm³/mol. The van der Waals surface area contributed by atoms with Crippen molar-refractivity contribution in [3.8, 4) is 0 Å². The summed E-state index contributed by atoms with van der Waals surface area (Å²) in [5, 5.41) is 12.5. The van der Waals surface area contributed by atoms with Gasteiger partial charge in [-0.05, 0) is 43.6 Å². The molecule has 1 saturated heterocycles. The van der Waals surface area contributed by atoms with Crippen molar-refractivity contribution in [2.45, 2.75) is 70.5 Å². The van der Waals surface area contributed by atoms with Crippen molar-refractivity contribution in [2.24, 2.45) is 11.8 Å². The molecule has 2 N–H and O–H groups in total. The lowest BCUT2D eigenvalue weighted by Gasteiger charge is -2.34. The SMILES string of the molecule is CC(C)[C@H](CCO)NC(=O)[C@@H]1C[C@@H]2CCCC[C@@H]2N1c1ncccn1. The molecule has 138 valence electrons. The molecule has 1 amide bonds. The van der Waals surface area contributed by atoms with Gasteiger partial charge in [-0.2, -0.15) is 0 Å². The van der Waals surface area contributed by atoms with E-state index in [4.69, 9.17) is 0 Å². The Balaban J connectivity index is 1.81. The molecule has 1 aliphatic carbocycles. The molecule has 2 heterocycles. The van der Waals surface area contributed by atoms with E-state index < -0.39 is 0 Å². The molecular weight excluding hydrogens is 316 g/mol. The molecule has 1 saturated carbocycles. The monoisotopic (exact) mass is 346 g/mol. The molecule has 6 heteroatoms. The number of carbonyl (C=O) groups is 1. The predicted octanol–water partition coefficient (Wildman–Crippen LogP) is 2.14. The van der Waals surface area contributed by atoms with Gasteiger partial charge in [0.05, 0.1) is 0 Å². The van der Waals surface area contributed by atoms with Crippen LogP contribution in [-0.4, -0.2) is 45.7 Å². The van der Waals surface area contributed by atoms with Gasteiger partial charge >= 0.3 is 0 Å². The van der Waals surface area contributed by atoms with Crippen LogP contribution in [0.25, 0.3) is 0 Å². The number of fused-ring (bicyclic) bond motifs is 1. The fourth-order valence-electron chi connectivity index (χ4n) is 4.40. The second kappa shape index (κ2) is 8.13. The van der Waals surface area contributed by atoms with Gasteiger partial charge in [-0.3, -0.25) is 4.79 Å². The van der Waals surface area contributed by atoms with Gasteiger partial charge in [0.25, 0.3) is 0 Å². The third-order valence-corrected chi connectivity index (χ3v) is 5.75. The summed E-state index contributed by atoms with van der Waals surface area (Å²) in [6.45, 7) is 4.24. The summed E-state index contributed by atoms with van der Waals surface area (Å²) >= 11 is 0. The Hall–Kier alpha value is -1.69. The van der Waals surface area contributed by atoms with Crippen LogP contribution < -0.4 is 10.2 Å². The van der Waals surface area contributed by atoms with Crippen molar-refractivity contribution in [2.75, 3.05) is 11.5 Å². The second-order valence-corrected chi connectivity index (χ2v) is 7.69. The van der Waals surface area contributed by atoms with Crippen LogP contribution in [0.5, 0.6) is 0 Å². The van der Waals surface area contributed by atoms with Crippen molar-refractivity contribution < 1.29 is 9.90 Å². The molecule has 0 aromatic carbocycles. The summed E-state index contributed by atoms with van der Waals surface area (Å²) in [5.74, 6) is 1.55. The summed E-state index contributed by atoms with van der Waals surface area (Å²) in [7, 11) is 0. The highest BCUT2D eigenvalue weighted by molar-refractivity contribution is 5.86. The fourth-order valence-corrected chi connectivity index (χ4v) is 4.40. The Labute approximate surface area is 150 Å². The lowest BCUT2D eigenvalue weighted by molar-refractivity contribution is -0.123. The molecular formula is C19H30N4O2. The molecule has 3 rings (SSSR count). The van der Waals surface area contributed by atoms with E-state index in [1.807, 2.05) is 6.07 Å². The third-order valence-electron chi connectivity index (χ3n) is 5.75. The molecule has 0 spiro atoms. The average molecular weight is 346 g/mol. The number of anilines is 1. The number of aromatic nitrogens is 2. The van der Waals surface area contributed by atoms with Gasteiger partial charge in [-0.25, -0.2) is 9.97 Å². The van der Waals surface area contributed by atoms with Crippen LogP contribution >= 0.6 is 0 Å². The largest absolute Gasteiger partial charge is 0.396 e. The van der Waals surface area contributed by atoms with Crippen molar-refractivity contribution in [1.82, 2.24) is 15.3 Å². The Bertz CT molecular complexity index is 566. The molecule has 6 nitrogen and oxygen atoms in total. The van der Waals surface area contributed by atoms with Crippen molar-refractivity contribution in [3.63, 3.8) is 0 Å². The van der Waals surface area contributed by atoms with Crippen molar-refractivity contribution in [1.29, 1.82) is 0 Å². The highest BCUT2D eigenvalue weighted by atomic mass is 16.3. The van der Waals surface area contributed by atoms with E-state index in [1.54, 1.807) is 12.4 Å². The quantitative estimate of drug-likeness (QED) is 0.825. The maximum absolute atomic E-state index is 13.1. The molecule has 4 atom stereocenters. The first-order valence-electron chi connectivity index (χ1n) is 9.58. The number of hydrogen-bond donors (Lipinski definition) is 2. The van der Waals surface area contributed by atoms with Gasteiger partial charge in [0.2, 0.25) is 11.9 Å². The van der Waals surface area contributed by atoms with E-state index in [2.05, 4.69) is 34.0 Å². The lowest BCUT2D eigenvalue weighted by atomic mass is 9.84. The van der Waals surface area contributed by atoms with Crippen LogP contribution in [0.1, 0.15) is 52.4 Å². The maximum Gasteiger partial charge on any atom is 0.243 e. The van der Waals surface area contributed by atoms with Crippen molar-refractivity contribution >= 4 is 11.9 Å². The lowest BCUT2D eigenvalue weighted by Crippen LogP contribution is -2.51. The van der Waals surface area contributed by atoms with E-state index in [9.17, 15) is 9.90 Å². The van der Waals surface area contributed by atoms with Crippen LogP contribution in [0.15, 0.2) is 18.5 Å². The van der Waals surface area contributed by atoms with E-state index >= 15 is 0 Å². The summed E-state index contributed by atoms with van der Waals surface area (Å²) in [5.41, 5.74) is 0. The molecule has 25 heavy (non-hydrogen) atoms. The molecule has 1 aromatic rings. The van der Waals surface area contributed by atoms with E-state index in [-0.39, 0.29) is 24.6 Å². The molecule has 0 unspecified atom stereocenters. The van der Waals surface area contributed by atoms with Gasteiger partial charge < -0.3 is 15.3 Å². The highest BCUT2D eigenvalue weighted by Gasteiger charge is 2.46. The zero-order chi connectivity index (χ0) is 17.8. The summed E-state index contributed by atoms with van der Waals surface area (Å²) in [4.78, 5) is 24.1. The first kappa shape index (κ1) is 18.1. The normalized spacial score (nSPS) is 27.2. The molecule has 2 fully saturated rings. The van der Waals surface area contributed by atoms with E-state index in [1.165, 1.54) is 19.3 Å². The number of hydrogen-bond acceptors (Lipinski definition) is 5. The first-order valence-corrected chi connectivity index (χ1v) is 9.58. The molecule has 2 aliphatic rings. The molecule has 0 bridgehead atoms. The minimum Gasteiger partial charge on any atom is -0.396 e. The number of rotatable bonds is 6. The fraction of sp³-hybridized carbons (Fsp3) is 0.737. The Morgan fingerprint density at radius 2 is 2.04 bits per heavy atom. The summed E-state index contributed by atoms with van der Waals surface area (Å²) in [6.07, 6.45) is 9.70. The average Bonchev–Trinajstić information content (AvgIpc) is 3.01. The summed E-state index contributed by atoms with van der Waals surface area (Å²) < 4.78 is 0.